The molecule has 0 atom stereocenters. The Bertz CT molecular complexity index is 709. The largest absolute Gasteiger partial charge is 0.336 e. The van der Waals surface area contributed by atoms with Gasteiger partial charge in [0.15, 0.2) is 0 Å². The van der Waals surface area contributed by atoms with Gasteiger partial charge in [-0.15, -0.1) is 0 Å². The van der Waals surface area contributed by atoms with E-state index in [2.05, 4.69) is 62.1 Å². The lowest BCUT2D eigenvalue weighted by atomic mass is 10.0. The van der Waals surface area contributed by atoms with E-state index in [1.807, 2.05) is 9.58 Å². The molecule has 24 heavy (non-hydrogen) atoms. The van der Waals surface area contributed by atoms with Gasteiger partial charge in [0.2, 0.25) is 0 Å². The Hall–Kier alpha value is -2.14. The number of rotatable bonds is 3. The zero-order chi connectivity index (χ0) is 17.3. The molecule has 5 nitrogen and oxygen atoms in total. The number of carbonyl (C=O) groups excluding carboxylic acids is 1. The molecule has 1 aromatic carbocycles. The van der Waals surface area contributed by atoms with E-state index in [4.69, 9.17) is 0 Å². The van der Waals surface area contributed by atoms with Gasteiger partial charge in [0, 0.05) is 26.2 Å². The van der Waals surface area contributed by atoms with Gasteiger partial charge in [0.05, 0.1) is 23.1 Å². The molecule has 128 valence electrons. The normalized spacial score (nSPS) is 16.0. The van der Waals surface area contributed by atoms with Crippen molar-refractivity contribution in [3.63, 3.8) is 0 Å². The van der Waals surface area contributed by atoms with Gasteiger partial charge >= 0.3 is 0 Å². The zero-order valence-electron chi connectivity index (χ0n) is 15.0. The molecule has 0 N–H and O–H groups in total. The molecule has 2 heterocycles. The number of carbonyl (C=O) groups is 1. The number of amides is 1. The minimum atomic E-state index is 0.102. The Morgan fingerprint density at radius 3 is 2.29 bits per heavy atom. The number of benzene rings is 1. The van der Waals surface area contributed by atoms with Crippen molar-refractivity contribution in [1.82, 2.24) is 19.6 Å². The lowest BCUT2D eigenvalue weighted by molar-refractivity contribution is 0.0662. The second kappa shape index (κ2) is 6.77. The molecule has 0 unspecified atom stereocenters. The molecule has 1 fully saturated rings. The van der Waals surface area contributed by atoms with Crippen LogP contribution in [0.2, 0.25) is 0 Å². The maximum absolute atomic E-state index is 13.0. The first-order valence-corrected chi connectivity index (χ1v) is 8.60. The van der Waals surface area contributed by atoms with Gasteiger partial charge < -0.3 is 9.80 Å². The molecule has 1 aliphatic heterocycles. The minimum Gasteiger partial charge on any atom is -0.336 e. The van der Waals surface area contributed by atoms with Gasteiger partial charge in [-0.3, -0.25) is 4.79 Å². The molecule has 0 bridgehead atoms. The van der Waals surface area contributed by atoms with E-state index in [1.54, 1.807) is 6.20 Å². The molecule has 1 aliphatic rings. The average Bonchev–Trinajstić information content (AvgIpc) is 3.01. The molecule has 1 amide bonds. The third-order valence-electron chi connectivity index (χ3n) is 4.65. The van der Waals surface area contributed by atoms with Crippen LogP contribution in [0.4, 0.5) is 0 Å². The van der Waals surface area contributed by atoms with Crippen LogP contribution in [-0.2, 0) is 0 Å². The Kier molecular flexibility index (Phi) is 4.71. The first-order valence-electron chi connectivity index (χ1n) is 8.60. The van der Waals surface area contributed by atoms with Crippen LogP contribution in [0.1, 0.15) is 41.4 Å². The molecule has 1 saturated heterocycles. The summed E-state index contributed by atoms with van der Waals surface area (Å²) >= 11 is 0. The van der Waals surface area contributed by atoms with Gasteiger partial charge in [0.1, 0.15) is 0 Å². The molecule has 0 aliphatic carbocycles. The monoisotopic (exact) mass is 326 g/mol. The SMILES string of the molecule is Cc1ccc(-n2ncc(C(=O)N3CCN(C)CC3)c2C(C)C)cc1. The van der Waals surface area contributed by atoms with E-state index in [0.29, 0.717) is 0 Å². The van der Waals surface area contributed by atoms with E-state index in [9.17, 15) is 4.79 Å². The average molecular weight is 326 g/mol. The highest BCUT2D eigenvalue weighted by atomic mass is 16.2. The first kappa shape index (κ1) is 16.7. The number of hydrogen-bond donors (Lipinski definition) is 0. The van der Waals surface area contributed by atoms with Crippen molar-refractivity contribution in [2.75, 3.05) is 33.2 Å². The maximum atomic E-state index is 13.0. The summed E-state index contributed by atoms with van der Waals surface area (Å²) in [6.07, 6.45) is 1.73. The van der Waals surface area contributed by atoms with Gasteiger partial charge in [-0.1, -0.05) is 31.5 Å². The maximum Gasteiger partial charge on any atom is 0.257 e. The van der Waals surface area contributed by atoms with Gasteiger partial charge in [-0.2, -0.15) is 5.10 Å². The number of likely N-dealkylation sites (N-methyl/N-ethyl adjacent to an activating group) is 1. The van der Waals surface area contributed by atoms with E-state index in [0.717, 1.165) is 43.1 Å². The van der Waals surface area contributed by atoms with Crippen molar-refractivity contribution >= 4 is 5.91 Å². The van der Waals surface area contributed by atoms with Crippen molar-refractivity contribution < 1.29 is 4.79 Å². The minimum absolute atomic E-state index is 0.102. The van der Waals surface area contributed by atoms with Crippen LogP contribution >= 0.6 is 0 Å². The molecule has 2 aromatic rings. The van der Waals surface area contributed by atoms with Gasteiger partial charge in [-0.05, 0) is 32.0 Å². The number of aromatic nitrogens is 2. The Balaban J connectivity index is 1.94. The summed E-state index contributed by atoms with van der Waals surface area (Å²) in [6.45, 7) is 9.71. The number of piperazine rings is 1. The smallest absolute Gasteiger partial charge is 0.257 e. The zero-order valence-corrected chi connectivity index (χ0v) is 15.0. The summed E-state index contributed by atoms with van der Waals surface area (Å²) in [5, 5.41) is 4.53. The number of hydrogen-bond acceptors (Lipinski definition) is 3. The third kappa shape index (κ3) is 3.22. The topological polar surface area (TPSA) is 41.4 Å². The predicted molar refractivity (Wildman–Crippen MR) is 95.8 cm³/mol. The van der Waals surface area contributed by atoms with Crippen LogP contribution in [0.15, 0.2) is 30.5 Å². The Morgan fingerprint density at radius 1 is 1.08 bits per heavy atom. The van der Waals surface area contributed by atoms with Crippen LogP contribution in [0.25, 0.3) is 5.69 Å². The quantitative estimate of drug-likeness (QED) is 0.871. The van der Waals surface area contributed by atoms with Crippen LogP contribution in [0.3, 0.4) is 0 Å². The fraction of sp³-hybridized carbons (Fsp3) is 0.474. The van der Waals surface area contributed by atoms with E-state index in [-0.39, 0.29) is 11.8 Å². The molecule has 0 saturated carbocycles. The predicted octanol–water partition coefficient (Wildman–Crippen LogP) is 2.69. The molecular formula is C19H26N4O. The molecule has 1 aromatic heterocycles. The van der Waals surface area contributed by atoms with Crippen molar-refractivity contribution in [1.29, 1.82) is 0 Å². The second-order valence-corrected chi connectivity index (χ2v) is 6.94. The molecule has 5 heteroatoms. The number of aryl methyl sites for hydroxylation is 1. The summed E-state index contributed by atoms with van der Waals surface area (Å²) in [5.74, 6) is 0.324. The highest BCUT2D eigenvalue weighted by Gasteiger charge is 2.26. The highest BCUT2D eigenvalue weighted by Crippen LogP contribution is 2.24. The Morgan fingerprint density at radius 2 is 1.71 bits per heavy atom. The summed E-state index contributed by atoms with van der Waals surface area (Å²) in [6, 6.07) is 8.25. The van der Waals surface area contributed by atoms with Crippen molar-refractivity contribution in [2.24, 2.45) is 0 Å². The first-order chi connectivity index (χ1) is 11.5. The van der Waals surface area contributed by atoms with Crippen molar-refractivity contribution in [3.8, 4) is 5.69 Å². The van der Waals surface area contributed by atoms with E-state index < -0.39 is 0 Å². The summed E-state index contributed by atoms with van der Waals surface area (Å²) in [4.78, 5) is 17.2. The van der Waals surface area contributed by atoms with Gasteiger partial charge in [0.25, 0.3) is 5.91 Å². The second-order valence-electron chi connectivity index (χ2n) is 6.94. The standard InChI is InChI=1S/C19H26N4O/c1-14(2)18-17(19(24)22-11-9-21(4)10-12-22)13-20-23(18)16-7-5-15(3)6-8-16/h5-8,13-14H,9-12H2,1-4H3. The van der Waals surface area contributed by atoms with Crippen LogP contribution in [0, 0.1) is 6.92 Å². The van der Waals surface area contributed by atoms with E-state index in [1.165, 1.54) is 5.56 Å². The fourth-order valence-electron chi connectivity index (χ4n) is 3.15. The van der Waals surface area contributed by atoms with Crippen molar-refractivity contribution in [2.45, 2.75) is 26.7 Å². The fourth-order valence-corrected chi connectivity index (χ4v) is 3.15. The van der Waals surface area contributed by atoms with Crippen molar-refractivity contribution in [3.05, 3.63) is 47.3 Å². The summed E-state index contributed by atoms with van der Waals surface area (Å²) in [7, 11) is 2.09. The van der Waals surface area contributed by atoms with Crippen LogP contribution < -0.4 is 0 Å². The molecule has 0 radical (unpaired) electrons. The summed E-state index contributed by atoms with van der Waals surface area (Å²) in [5.41, 5.74) is 3.94. The highest BCUT2D eigenvalue weighted by molar-refractivity contribution is 5.95. The molecule has 0 spiro atoms. The molecule has 3 rings (SSSR count). The van der Waals surface area contributed by atoms with E-state index >= 15 is 0 Å². The lowest BCUT2D eigenvalue weighted by Crippen LogP contribution is -2.47. The van der Waals surface area contributed by atoms with Gasteiger partial charge in [-0.25, -0.2) is 4.68 Å². The Labute approximate surface area is 143 Å². The summed E-state index contributed by atoms with van der Waals surface area (Å²) < 4.78 is 1.91. The van der Waals surface area contributed by atoms with Crippen LogP contribution in [0.5, 0.6) is 0 Å². The molecular weight excluding hydrogens is 300 g/mol. The van der Waals surface area contributed by atoms with Crippen LogP contribution in [-0.4, -0.2) is 58.7 Å². The third-order valence-corrected chi connectivity index (χ3v) is 4.65. The lowest BCUT2D eigenvalue weighted by Gasteiger charge is -2.32. The number of nitrogens with zero attached hydrogens (tertiary/aromatic N) is 4.